The maximum absolute atomic E-state index is 13.0. The number of aliphatic hydroxyl groups excluding tert-OH is 1. The number of phosphoric acid groups is 1. The quantitative estimate of drug-likeness (QED) is 0.0272. The van der Waals surface area contributed by atoms with Crippen LogP contribution < -0.4 is 10.2 Å². The van der Waals surface area contributed by atoms with Crippen LogP contribution in [0.4, 0.5) is 0 Å². The average molecular weight is 1140 g/mol. The molecule has 0 aromatic rings. The van der Waals surface area contributed by atoms with Crippen LogP contribution in [0.2, 0.25) is 0 Å². The molecule has 0 heterocycles. The number of allylic oxidation sites excluding steroid dienone is 11. The van der Waals surface area contributed by atoms with Crippen molar-refractivity contribution >= 4 is 13.7 Å². The van der Waals surface area contributed by atoms with Gasteiger partial charge in [-0.1, -0.05) is 324 Å². The van der Waals surface area contributed by atoms with E-state index in [9.17, 15) is 19.4 Å². The van der Waals surface area contributed by atoms with Gasteiger partial charge in [0.2, 0.25) is 5.91 Å². The lowest BCUT2D eigenvalue weighted by atomic mass is 10.0. The highest BCUT2D eigenvalue weighted by molar-refractivity contribution is 7.45. The van der Waals surface area contributed by atoms with Crippen LogP contribution in [0.5, 0.6) is 0 Å². The summed E-state index contributed by atoms with van der Waals surface area (Å²) in [7, 11) is 1.27. The molecule has 1 amide bonds. The lowest BCUT2D eigenvalue weighted by Crippen LogP contribution is -2.45. The molecule has 8 nitrogen and oxygen atoms in total. The van der Waals surface area contributed by atoms with Crippen LogP contribution in [-0.4, -0.2) is 68.5 Å². The maximum Gasteiger partial charge on any atom is 0.268 e. The molecule has 0 aliphatic heterocycles. The molecule has 0 aromatic heterocycles. The summed E-state index contributed by atoms with van der Waals surface area (Å²) in [6.07, 6.45) is 85.8. The summed E-state index contributed by atoms with van der Waals surface area (Å²) in [6.45, 7) is 4.58. The number of rotatable bonds is 63. The van der Waals surface area contributed by atoms with Crippen molar-refractivity contribution in [2.24, 2.45) is 0 Å². The highest BCUT2D eigenvalue weighted by Gasteiger charge is 2.23. The number of carbonyl (C=O) groups excluding carboxylic acids is 1. The standard InChI is InChI=1S/C71H133N2O6P/c1-6-8-10-12-14-16-18-20-22-24-26-28-30-31-32-33-34-35-36-37-38-39-40-41-43-45-47-49-51-53-55-57-59-61-63-65-71(75)72-69(68-79-80(76,77)78-67-66-73(3,4)5)70(74)64-62-60-58-56-54-52-50-48-46-44-42-29-27-25-23-21-19-17-15-13-11-9-7-2/h8,10,14,16,20,22,26,28,31-32,62,64,69-70,74H,6-7,9,11-13,15,17-19,21,23-25,27,29-30,33-61,63,65-68H2,1-5H3,(H-,72,75,76,77)/b10-8-,16-14-,22-20-,28-26-,32-31-,64-62+. The summed E-state index contributed by atoms with van der Waals surface area (Å²) in [6, 6.07) is -0.889. The number of unbranched alkanes of at least 4 members (excludes halogenated alkanes) is 40. The van der Waals surface area contributed by atoms with Crippen LogP contribution in [0.25, 0.3) is 0 Å². The molecule has 0 aromatic carbocycles. The normalized spacial score (nSPS) is 14.1. The maximum atomic E-state index is 13.0. The van der Waals surface area contributed by atoms with E-state index in [-0.39, 0.29) is 19.1 Å². The molecular formula is C71H133N2O6P. The number of likely N-dealkylation sites (N-methyl/N-ethyl adjacent to an activating group) is 1. The Balaban J connectivity index is 4.04. The Labute approximate surface area is 497 Å². The number of hydrogen-bond donors (Lipinski definition) is 2. The van der Waals surface area contributed by atoms with Crippen LogP contribution in [0.15, 0.2) is 72.9 Å². The first-order valence-corrected chi connectivity index (χ1v) is 35.8. The fourth-order valence-corrected chi connectivity index (χ4v) is 10.8. The van der Waals surface area contributed by atoms with E-state index < -0.39 is 20.0 Å². The third-order valence-electron chi connectivity index (χ3n) is 15.4. The third-order valence-corrected chi connectivity index (χ3v) is 16.4. The molecule has 0 radical (unpaired) electrons. The molecule has 2 N–H and O–H groups in total. The summed E-state index contributed by atoms with van der Waals surface area (Å²) < 4.78 is 23.5. The molecule has 0 saturated heterocycles. The van der Waals surface area contributed by atoms with E-state index in [4.69, 9.17) is 9.05 Å². The van der Waals surface area contributed by atoms with Crippen molar-refractivity contribution in [1.29, 1.82) is 0 Å². The van der Waals surface area contributed by atoms with Gasteiger partial charge in [-0.05, 0) is 64.2 Å². The molecule has 3 atom stereocenters. The van der Waals surface area contributed by atoms with Crippen molar-refractivity contribution in [3.8, 4) is 0 Å². The summed E-state index contributed by atoms with van der Waals surface area (Å²) in [5, 5.41) is 14.0. The predicted octanol–water partition coefficient (Wildman–Crippen LogP) is 21.1. The molecule has 0 fully saturated rings. The smallest absolute Gasteiger partial charge is 0.268 e. The fraction of sp³-hybridized carbons (Fsp3) is 0.817. The number of amides is 1. The van der Waals surface area contributed by atoms with Gasteiger partial charge in [-0.25, -0.2) is 0 Å². The zero-order valence-corrected chi connectivity index (χ0v) is 54.4. The Kier molecular flexibility index (Phi) is 59.9. The zero-order chi connectivity index (χ0) is 58.4. The van der Waals surface area contributed by atoms with Crippen LogP contribution >= 0.6 is 7.82 Å². The lowest BCUT2D eigenvalue weighted by Gasteiger charge is -2.29. The number of quaternary nitrogens is 1. The first-order chi connectivity index (χ1) is 39.0. The molecule has 0 spiro atoms. The van der Waals surface area contributed by atoms with Gasteiger partial charge in [0.05, 0.1) is 39.9 Å². The van der Waals surface area contributed by atoms with Crippen molar-refractivity contribution in [3.05, 3.63) is 72.9 Å². The molecule has 0 aliphatic rings. The Morgan fingerprint density at radius 1 is 0.450 bits per heavy atom. The minimum Gasteiger partial charge on any atom is -0.756 e. The number of carbonyl (C=O) groups is 1. The van der Waals surface area contributed by atoms with Gasteiger partial charge >= 0.3 is 0 Å². The molecule has 468 valence electrons. The lowest BCUT2D eigenvalue weighted by molar-refractivity contribution is -0.870. The van der Waals surface area contributed by atoms with E-state index in [1.54, 1.807) is 6.08 Å². The Hall–Kier alpha value is -2.06. The molecule has 0 rings (SSSR count). The molecular weight excluding hydrogens is 1010 g/mol. The van der Waals surface area contributed by atoms with E-state index in [0.717, 1.165) is 70.6 Å². The third kappa shape index (κ3) is 63.5. The first-order valence-electron chi connectivity index (χ1n) is 34.3. The monoisotopic (exact) mass is 1140 g/mol. The van der Waals surface area contributed by atoms with Crippen LogP contribution in [0.1, 0.15) is 322 Å². The molecule has 0 aliphatic carbocycles. The van der Waals surface area contributed by atoms with Gasteiger partial charge in [-0.2, -0.15) is 0 Å². The van der Waals surface area contributed by atoms with Gasteiger partial charge in [-0.3, -0.25) is 9.36 Å². The summed E-state index contributed by atoms with van der Waals surface area (Å²) in [5.74, 6) is -0.193. The predicted molar refractivity (Wildman–Crippen MR) is 348 cm³/mol. The highest BCUT2D eigenvalue weighted by Crippen LogP contribution is 2.38. The second kappa shape index (κ2) is 61.5. The molecule has 80 heavy (non-hydrogen) atoms. The Morgan fingerprint density at radius 2 is 0.762 bits per heavy atom. The van der Waals surface area contributed by atoms with Gasteiger partial charge in [0.1, 0.15) is 13.2 Å². The Morgan fingerprint density at radius 3 is 1.11 bits per heavy atom. The summed E-state index contributed by atoms with van der Waals surface area (Å²) in [5.41, 5.74) is 0. The number of hydrogen-bond acceptors (Lipinski definition) is 6. The SMILES string of the molecule is CC/C=C\C/C=C\C/C=C\C/C=C\C/C=C\CCCCCCCCCCCCCCCCCCCCCC(=O)NC(COP(=O)([O-])OCC[N+](C)(C)C)C(O)/C=C/CCCCCCCCCCCCCCCCCCCCCCC. The molecule has 3 unspecified atom stereocenters. The van der Waals surface area contributed by atoms with Crippen molar-refractivity contribution in [2.45, 2.75) is 334 Å². The summed E-state index contributed by atoms with van der Waals surface area (Å²) in [4.78, 5) is 25.6. The van der Waals surface area contributed by atoms with E-state index in [1.165, 1.54) is 231 Å². The number of phosphoric ester groups is 1. The number of nitrogens with zero attached hydrogens (tertiary/aromatic N) is 1. The van der Waals surface area contributed by atoms with Gasteiger partial charge in [0.25, 0.3) is 7.82 Å². The van der Waals surface area contributed by atoms with E-state index in [2.05, 4.69) is 79.9 Å². The van der Waals surface area contributed by atoms with Crippen LogP contribution in [0.3, 0.4) is 0 Å². The minimum atomic E-state index is -4.60. The van der Waals surface area contributed by atoms with Crippen molar-refractivity contribution in [1.82, 2.24) is 5.32 Å². The van der Waals surface area contributed by atoms with Crippen molar-refractivity contribution in [2.75, 3.05) is 40.9 Å². The van der Waals surface area contributed by atoms with Crippen LogP contribution in [-0.2, 0) is 18.4 Å². The van der Waals surface area contributed by atoms with E-state index in [1.807, 2.05) is 27.2 Å². The number of aliphatic hydroxyl groups is 1. The molecule has 9 heteroatoms. The van der Waals surface area contributed by atoms with Crippen molar-refractivity contribution in [3.63, 3.8) is 0 Å². The van der Waals surface area contributed by atoms with Gasteiger partial charge in [0, 0.05) is 6.42 Å². The van der Waals surface area contributed by atoms with E-state index >= 15 is 0 Å². The van der Waals surface area contributed by atoms with Crippen LogP contribution in [0, 0.1) is 0 Å². The number of nitrogens with one attached hydrogen (secondary N) is 1. The Bertz CT molecular complexity index is 1530. The topological polar surface area (TPSA) is 108 Å². The average Bonchev–Trinajstić information content (AvgIpc) is 3.42. The fourth-order valence-electron chi connectivity index (χ4n) is 10.1. The highest BCUT2D eigenvalue weighted by atomic mass is 31.2. The zero-order valence-electron chi connectivity index (χ0n) is 53.5. The largest absolute Gasteiger partial charge is 0.756 e. The molecule has 0 bridgehead atoms. The summed E-state index contributed by atoms with van der Waals surface area (Å²) >= 11 is 0. The van der Waals surface area contributed by atoms with Gasteiger partial charge in [0.15, 0.2) is 0 Å². The first kappa shape index (κ1) is 77.9. The second-order valence-electron chi connectivity index (χ2n) is 24.5. The van der Waals surface area contributed by atoms with E-state index in [0.29, 0.717) is 17.4 Å². The van der Waals surface area contributed by atoms with Gasteiger partial charge < -0.3 is 28.8 Å². The van der Waals surface area contributed by atoms with Gasteiger partial charge in [-0.15, -0.1) is 0 Å². The van der Waals surface area contributed by atoms with Crippen molar-refractivity contribution < 1.29 is 32.9 Å². The second-order valence-corrected chi connectivity index (χ2v) is 25.9. The minimum absolute atomic E-state index is 0.000919. The molecule has 0 saturated carbocycles.